The number of carbonyl (C=O) groups excluding carboxylic acids is 1. The molecule has 1 aromatic carbocycles. The first kappa shape index (κ1) is 21.6. The van der Waals surface area contributed by atoms with E-state index in [4.69, 9.17) is 10.3 Å². The molecule has 8 nitrogen and oxygen atoms in total. The third kappa shape index (κ3) is 6.07. The molecule has 0 heterocycles. The van der Waals surface area contributed by atoms with E-state index in [0.29, 0.717) is 11.5 Å². The van der Waals surface area contributed by atoms with Crippen molar-refractivity contribution in [1.29, 1.82) is 0 Å². The maximum atomic E-state index is 12.2. The van der Waals surface area contributed by atoms with E-state index in [2.05, 4.69) is 13.8 Å². The highest BCUT2D eigenvalue weighted by Gasteiger charge is 2.37. The molecule has 1 aromatic rings. The topological polar surface area (TPSA) is 144 Å². The molecule has 0 radical (unpaired) electrons. The summed E-state index contributed by atoms with van der Waals surface area (Å²) in [5.74, 6) is -1.26. The molecule has 0 saturated carbocycles. The van der Waals surface area contributed by atoms with Gasteiger partial charge in [-0.15, -0.1) is 0 Å². The second-order valence-corrected chi connectivity index (χ2v) is 10.0. The average molecular weight is 392 g/mol. The molecule has 1 unspecified atom stereocenters. The number of hydrogen-bond acceptors (Lipinski definition) is 6. The number of nitrogens with one attached hydrogen (secondary N) is 1. The molecule has 25 heavy (non-hydrogen) atoms. The van der Waals surface area contributed by atoms with Gasteiger partial charge in [0.05, 0.1) is 5.92 Å². The van der Waals surface area contributed by atoms with Crippen molar-refractivity contribution in [2.24, 2.45) is 11.7 Å². The molecule has 142 valence electrons. The van der Waals surface area contributed by atoms with Gasteiger partial charge in [-0.2, -0.15) is 8.42 Å². The fourth-order valence-corrected chi connectivity index (χ4v) is 4.78. The number of benzene rings is 1. The quantitative estimate of drug-likeness (QED) is 0.550. The zero-order valence-corrected chi connectivity index (χ0v) is 16.0. The molecule has 0 aliphatic carbocycles. The molecular weight excluding hydrogens is 368 g/mol. The maximum absolute atomic E-state index is 12.2. The van der Waals surface area contributed by atoms with Crippen LogP contribution in [-0.2, 0) is 31.4 Å². The second-order valence-electron chi connectivity index (χ2n) is 6.25. The van der Waals surface area contributed by atoms with Gasteiger partial charge in [0, 0.05) is 6.54 Å². The first-order valence-electron chi connectivity index (χ1n) is 7.69. The minimum absolute atomic E-state index is 0.477. The number of amides is 1. The normalized spacial score (nSPS) is 15.0. The highest BCUT2D eigenvalue weighted by Crippen LogP contribution is 2.18. The number of nitrogens with two attached hydrogens (primary N) is 1. The minimum Gasteiger partial charge on any atom is -0.328 e. The molecule has 0 aromatic heterocycles. The van der Waals surface area contributed by atoms with Crippen molar-refractivity contribution in [3.63, 3.8) is 0 Å². The zero-order chi connectivity index (χ0) is 19.4. The molecule has 1 rings (SSSR count). The van der Waals surface area contributed by atoms with Crippen LogP contribution in [0.4, 0.5) is 0 Å². The summed E-state index contributed by atoms with van der Waals surface area (Å²) in [5, 5.41) is 0. The number of sulfonamides is 1. The van der Waals surface area contributed by atoms with E-state index in [1.165, 1.54) is 6.92 Å². The van der Waals surface area contributed by atoms with Gasteiger partial charge in [-0.3, -0.25) is 14.1 Å². The Balaban J connectivity index is 2.92. The summed E-state index contributed by atoms with van der Waals surface area (Å²) < 4.78 is 54.5. The molecular formula is C15H24N2O6S2. The monoisotopic (exact) mass is 392 g/mol. The summed E-state index contributed by atoms with van der Waals surface area (Å²) in [6.07, 6.45) is 0.877. The van der Waals surface area contributed by atoms with Crippen LogP contribution in [-0.4, -0.2) is 38.4 Å². The van der Waals surface area contributed by atoms with Crippen molar-refractivity contribution in [2.75, 3.05) is 6.54 Å². The molecule has 0 fully saturated rings. The minimum atomic E-state index is -4.95. The standard InChI is InChI=1S/C15H24N2O6S2/c1-10(2)8-12-4-6-13(7-5-12)11(3)15(18)17-24(19,20)14(9-16)25(21,22)23/h4-7,10-11,14H,8-9,16H2,1-3H3,(H,17,18)(H,21,22,23)/t11?,14-/m1/s1. The molecule has 0 saturated heterocycles. The van der Waals surface area contributed by atoms with E-state index in [-0.39, 0.29) is 0 Å². The molecule has 2 atom stereocenters. The van der Waals surface area contributed by atoms with Gasteiger partial charge in [-0.05, 0) is 30.4 Å². The van der Waals surface area contributed by atoms with Gasteiger partial charge in [0.1, 0.15) is 0 Å². The van der Waals surface area contributed by atoms with Crippen molar-refractivity contribution in [3.05, 3.63) is 35.4 Å². The molecule has 10 heteroatoms. The van der Waals surface area contributed by atoms with Crippen LogP contribution in [0.25, 0.3) is 0 Å². The summed E-state index contributed by atoms with van der Waals surface area (Å²) in [4.78, 5) is 12.2. The number of hydrogen-bond donors (Lipinski definition) is 3. The van der Waals surface area contributed by atoms with Crippen LogP contribution in [0.3, 0.4) is 0 Å². The predicted octanol–water partition coefficient (Wildman–Crippen LogP) is 0.607. The fourth-order valence-electron chi connectivity index (χ4n) is 2.27. The molecule has 0 spiro atoms. The van der Waals surface area contributed by atoms with Gasteiger partial charge in [-0.1, -0.05) is 38.1 Å². The van der Waals surface area contributed by atoms with Crippen molar-refractivity contribution in [2.45, 2.75) is 37.7 Å². The van der Waals surface area contributed by atoms with Crippen LogP contribution in [0.5, 0.6) is 0 Å². The van der Waals surface area contributed by atoms with E-state index < -0.39 is 43.1 Å². The smallest absolute Gasteiger partial charge is 0.285 e. The van der Waals surface area contributed by atoms with Crippen LogP contribution in [0, 0.1) is 5.92 Å². The van der Waals surface area contributed by atoms with Crippen molar-refractivity contribution in [1.82, 2.24) is 4.72 Å². The third-order valence-corrected chi connectivity index (χ3v) is 7.35. The lowest BCUT2D eigenvalue weighted by Crippen LogP contribution is -2.46. The van der Waals surface area contributed by atoms with E-state index in [9.17, 15) is 21.6 Å². The molecule has 0 aliphatic heterocycles. The largest absolute Gasteiger partial charge is 0.328 e. The number of carbonyl (C=O) groups is 1. The van der Waals surface area contributed by atoms with Crippen molar-refractivity contribution >= 4 is 26.0 Å². The van der Waals surface area contributed by atoms with Gasteiger partial charge in [0.25, 0.3) is 20.1 Å². The summed E-state index contributed by atoms with van der Waals surface area (Å²) >= 11 is 0. The van der Waals surface area contributed by atoms with Gasteiger partial charge in [-0.25, -0.2) is 8.42 Å². The third-order valence-electron chi connectivity index (χ3n) is 3.63. The van der Waals surface area contributed by atoms with Crippen LogP contribution in [0.2, 0.25) is 0 Å². The van der Waals surface area contributed by atoms with E-state index in [1.807, 2.05) is 12.1 Å². The summed E-state index contributed by atoms with van der Waals surface area (Å²) in [6, 6.07) is 7.15. The van der Waals surface area contributed by atoms with Gasteiger partial charge in [0.2, 0.25) is 10.5 Å². The Kier molecular flexibility index (Phi) is 7.12. The molecule has 4 N–H and O–H groups in total. The number of rotatable bonds is 8. The molecule has 1 amide bonds. The maximum Gasteiger partial charge on any atom is 0.285 e. The Hall–Kier alpha value is -1.49. The lowest BCUT2D eigenvalue weighted by atomic mass is 9.96. The molecule has 0 aliphatic rings. The van der Waals surface area contributed by atoms with Crippen LogP contribution in [0.1, 0.15) is 37.8 Å². The SMILES string of the molecule is CC(C)Cc1ccc(C(C)C(=O)NS(=O)(=O)[C@@H](CN)S(=O)(=O)O)cc1. The van der Waals surface area contributed by atoms with Crippen LogP contribution < -0.4 is 10.5 Å². The van der Waals surface area contributed by atoms with Crippen LogP contribution in [0.15, 0.2) is 24.3 Å². The Morgan fingerprint density at radius 3 is 2.04 bits per heavy atom. The Morgan fingerprint density at radius 1 is 1.12 bits per heavy atom. The fraction of sp³-hybridized carbons (Fsp3) is 0.533. The van der Waals surface area contributed by atoms with E-state index >= 15 is 0 Å². The average Bonchev–Trinajstić information content (AvgIpc) is 2.44. The lowest BCUT2D eigenvalue weighted by molar-refractivity contribution is -0.120. The van der Waals surface area contributed by atoms with Crippen molar-refractivity contribution in [3.8, 4) is 0 Å². The highest BCUT2D eigenvalue weighted by atomic mass is 32.3. The summed E-state index contributed by atoms with van der Waals surface area (Å²) in [7, 11) is -9.62. The first-order valence-corrected chi connectivity index (χ1v) is 10.7. The predicted molar refractivity (Wildman–Crippen MR) is 94.9 cm³/mol. The highest BCUT2D eigenvalue weighted by molar-refractivity contribution is 8.06. The van der Waals surface area contributed by atoms with Crippen molar-refractivity contribution < 1.29 is 26.2 Å². The van der Waals surface area contributed by atoms with Gasteiger partial charge >= 0.3 is 0 Å². The summed E-state index contributed by atoms with van der Waals surface area (Å²) in [5.41, 5.74) is 6.77. The summed E-state index contributed by atoms with van der Waals surface area (Å²) in [6.45, 7) is 4.78. The second kappa shape index (κ2) is 8.26. The van der Waals surface area contributed by atoms with Gasteiger partial charge < -0.3 is 5.73 Å². The van der Waals surface area contributed by atoms with E-state index in [0.717, 1.165) is 12.0 Å². The lowest BCUT2D eigenvalue weighted by Gasteiger charge is -2.17. The zero-order valence-electron chi connectivity index (χ0n) is 14.3. The first-order chi connectivity index (χ1) is 11.4. The molecule has 0 bridgehead atoms. The van der Waals surface area contributed by atoms with Crippen LogP contribution >= 0.6 is 0 Å². The van der Waals surface area contributed by atoms with E-state index in [1.54, 1.807) is 16.9 Å². The Labute approximate surface area is 148 Å². The Bertz CT molecular complexity index is 801. The Morgan fingerprint density at radius 2 is 1.64 bits per heavy atom. The van der Waals surface area contributed by atoms with Gasteiger partial charge in [0.15, 0.2) is 0 Å².